The van der Waals surface area contributed by atoms with Gasteiger partial charge in [0.15, 0.2) is 0 Å². The maximum absolute atomic E-state index is 12.0. The second-order valence-electron chi connectivity index (χ2n) is 6.32. The van der Waals surface area contributed by atoms with Gasteiger partial charge in [0.2, 0.25) is 5.91 Å². The summed E-state index contributed by atoms with van der Waals surface area (Å²) in [6.45, 7) is 2.22. The highest BCUT2D eigenvalue weighted by Gasteiger charge is 2.36. The fourth-order valence-electron chi connectivity index (χ4n) is 2.56. The second-order valence-corrected chi connectivity index (χ2v) is 6.32. The van der Waals surface area contributed by atoms with Crippen LogP contribution in [-0.4, -0.2) is 20.0 Å². The molecule has 0 bridgehead atoms. The Kier molecular flexibility index (Phi) is 4.24. The fraction of sp³-hybridized carbons (Fsp3) is 0.316. The van der Waals surface area contributed by atoms with Crippen molar-refractivity contribution in [2.75, 3.05) is 24.3 Å². The Morgan fingerprint density at radius 2 is 1.91 bits per heavy atom. The summed E-state index contributed by atoms with van der Waals surface area (Å²) in [6.07, 6.45) is 4.40. The minimum Gasteiger partial charge on any atom is -0.461 e. The third-order valence-corrected chi connectivity index (χ3v) is 4.17. The average molecular weight is 310 g/mol. The lowest BCUT2D eigenvalue weighted by Crippen LogP contribution is -2.10. The number of nitrogens with zero attached hydrogens (tertiary/aromatic N) is 1. The number of hydrogen-bond donors (Lipinski definition) is 1. The van der Waals surface area contributed by atoms with Crippen LogP contribution in [0.3, 0.4) is 0 Å². The van der Waals surface area contributed by atoms with Crippen molar-refractivity contribution in [1.82, 2.24) is 0 Å². The molecule has 0 radical (unpaired) electrons. The molecule has 1 saturated carbocycles. The Labute approximate surface area is 136 Å². The maximum Gasteiger partial charge on any atom is 0.248 e. The van der Waals surface area contributed by atoms with E-state index in [0.29, 0.717) is 11.8 Å². The molecule has 4 nitrogen and oxygen atoms in total. The van der Waals surface area contributed by atoms with Gasteiger partial charge in [-0.1, -0.05) is 6.92 Å². The number of carbonyl (C=O) groups is 1. The summed E-state index contributed by atoms with van der Waals surface area (Å²) in [7, 11) is 3.96. The molecule has 1 heterocycles. The zero-order valence-corrected chi connectivity index (χ0v) is 13.7. The Balaban J connectivity index is 1.57. The van der Waals surface area contributed by atoms with Crippen molar-refractivity contribution in [2.24, 2.45) is 5.92 Å². The summed E-state index contributed by atoms with van der Waals surface area (Å²) in [5.74, 6) is 2.85. The van der Waals surface area contributed by atoms with Gasteiger partial charge in [0, 0.05) is 37.5 Å². The van der Waals surface area contributed by atoms with E-state index in [2.05, 4.69) is 12.2 Å². The first-order valence-electron chi connectivity index (χ1n) is 7.89. The third-order valence-electron chi connectivity index (χ3n) is 4.17. The van der Waals surface area contributed by atoms with Gasteiger partial charge in [-0.2, -0.15) is 0 Å². The van der Waals surface area contributed by atoms with E-state index in [1.165, 1.54) is 12.5 Å². The number of benzene rings is 1. The van der Waals surface area contributed by atoms with Crippen LogP contribution in [0.4, 0.5) is 11.4 Å². The van der Waals surface area contributed by atoms with Crippen LogP contribution in [0.5, 0.6) is 0 Å². The summed E-state index contributed by atoms with van der Waals surface area (Å²) in [6, 6.07) is 11.6. The highest BCUT2D eigenvalue weighted by molar-refractivity contribution is 6.01. The summed E-state index contributed by atoms with van der Waals surface area (Å²) in [4.78, 5) is 14.0. The van der Waals surface area contributed by atoms with Crippen molar-refractivity contribution >= 4 is 23.4 Å². The molecule has 1 aliphatic rings. The largest absolute Gasteiger partial charge is 0.461 e. The number of carbonyl (C=O) groups excluding carboxylic acids is 1. The standard InChI is InChI=1S/C19H22N2O2/c1-13-12-17(13)18-10-8-16(23-18)9-11-19(22)20-14-4-6-15(7-5-14)21(2)3/h4-11,13,17H,12H2,1-3H3,(H,20,22)/b11-9+/t13-,17-/m1/s1. The van der Waals surface area contributed by atoms with Gasteiger partial charge in [-0.3, -0.25) is 4.79 Å². The van der Waals surface area contributed by atoms with Crippen molar-refractivity contribution in [3.63, 3.8) is 0 Å². The summed E-state index contributed by atoms with van der Waals surface area (Å²) in [5, 5.41) is 2.84. The molecule has 1 amide bonds. The lowest BCUT2D eigenvalue weighted by atomic mass is 10.2. The quantitative estimate of drug-likeness (QED) is 0.845. The number of furan rings is 1. The predicted molar refractivity (Wildman–Crippen MR) is 93.7 cm³/mol. The first-order chi connectivity index (χ1) is 11.0. The summed E-state index contributed by atoms with van der Waals surface area (Å²) >= 11 is 0. The summed E-state index contributed by atoms with van der Waals surface area (Å²) < 4.78 is 5.75. The third kappa shape index (κ3) is 3.83. The number of amides is 1. The Morgan fingerprint density at radius 1 is 1.22 bits per heavy atom. The monoisotopic (exact) mass is 310 g/mol. The van der Waals surface area contributed by atoms with E-state index in [1.807, 2.05) is 55.4 Å². The van der Waals surface area contributed by atoms with Crippen molar-refractivity contribution in [3.8, 4) is 0 Å². The summed E-state index contributed by atoms with van der Waals surface area (Å²) in [5.41, 5.74) is 1.87. The van der Waals surface area contributed by atoms with Gasteiger partial charge in [0.05, 0.1) is 0 Å². The smallest absolute Gasteiger partial charge is 0.248 e. The van der Waals surface area contributed by atoms with Crippen LogP contribution >= 0.6 is 0 Å². The molecule has 0 saturated heterocycles. The molecule has 1 fully saturated rings. The highest BCUT2D eigenvalue weighted by atomic mass is 16.3. The highest BCUT2D eigenvalue weighted by Crippen LogP contribution is 2.47. The zero-order chi connectivity index (χ0) is 16.4. The molecule has 23 heavy (non-hydrogen) atoms. The van der Waals surface area contributed by atoms with Crippen LogP contribution in [0.2, 0.25) is 0 Å². The van der Waals surface area contributed by atoms with Crippen molar-refractivity contribution in [3.05, 3.63) is 54.0 Å². The van der Waals surface area contributed by atoms with Gasteiger partial charge < -0.3 is 14.6 Å². The van der Waals surface area contributed by atoms with Crippen LogP contribution in [0, 0.1) is 5.92 Å². The number of rotatable bonds is 5. The maximum atomic E-state index is 12.0. The Morgan fingerprint density at radius 3 is 2.52 bits per heavy atom. The molecule has 1 aromatic carbocycles. The van der Waals surface area contributed by atoms with Gasteiger partial charge >= 0.3 is 0 Å². The minimum atomic E-state index is -0.166. The molecule has 120 valence electrons. The first-order valence-corrected chi connectivity index (χ1v) is 7.89. The molecular weight excluding hydrogens is 288 g/mol. The van der Waals surface area contributed by atoms with Crippen LogP contribution in [0.1, 0.15) is 30.8 Å². The number of nitrogens with one attached hydrogen (secondary N) is 1. The van der Waals surface area contributed by atoms with Gasteiger partial charge in [0.25, 0.3) is 0 Å². The molecule has 0 aliphatic heterocycles. The van der Waals surface area contributed by atoms with Crippen LogP contribution in [0.15, 0.2) is 46.9 Å². The SMILES string of the molecule is C[C@@H]1C[C@H]1c1ccc(/C=C/C(=O)Nc2ccc(N(C)C)cc2)o1. The van der Waals surface area contributed by atoms with Crippen molar-refractivity contribution in [1.29, 1.82) is 0 Å². The minimum absolute atomic E-state index is 0.166. The van der Waals surface area contributed by atoms with E-state index < -0.39 is 0 Å². The van der Waals surface area contributed by atoms with Gasteiger partial charge in [-0.25, -0.2) is 0 Å². The molecule has 1 aromatic heterocycles. The van der Waals surface area contributed by atoms with E-state index in [0.717, 1.165) is 22.9 Å². The van der Waals surface area contributed by atoms with Gasteiger partial charge in [-0.05, 0) is 54.8 Å². The fourth-order valence-corrected chi connectivity index (χ4v) is 2.56. The predicted octanol–water partition coefficient (Wildman–Crippen LogP) is 4.12. The zero-order valence-electron chi connectivity index (χ0n) is 13.7. The molecule has 1 aliphatic carbocycles. The molecule has 1 N–H and O–H groups in total. The molecule has 2 atom stereocenters. The van der Waals surface area contributed by atoms with E-state index in [4.69, 9.17) is 4.42 Å². The molecule has 4 heteroatoms. The molecule has 0 unspecified atom stereocenters. The molecule has 0 spiro atoms. The lowest BCUT2D eigenvalue weighted by Gasteiger charge is -2.12. The van der Waals surface area contributed by atoms with E-state index in [-0.39, 0.29) is 5.91 Å². The number of hydrogen-bond acceptors (Lipinski definition) is 3. The van der Waals surface area contributed by atoms with Gasteiger partial charge in [-0.15, -0.1) is 0 Å². The normalized spacial score (nSPS) is 19.8. The average Bonchev–Trinajstić information content (AvgIpc) is 3.08. The molecule has 2 aromatic rings. The molecular formula is C19H22N2O2. The van der Waals surface area contributed by atoms with Crippen LogP contribution < -0.4 is 10.2 Å². The lowest BCUT2D eigenvalue weighted by molar-refractivity contribution is -0.111. The Hall–Kier alpha value is -2.49. The van der Waals surface area contributed by atoms with Crippen LogP contribution in [-0.2, 0) is 4.79 Å². The topological polar surface area (TPSA) is 45.5 Å². The van der Waals surface area contributed by atoms with Crippen molar-refractivity contribution in [2.45, 2.75) is 19.3 Å². The van der Waals surface area contributed by atoms with Crippen molar-refractivity contribution < 1.29 is 9.21 Å². The van der Waals surface area contributed by atoms with E-state index in [9.17, 15) is 4.79 Å². The van der Waals surface area contributed by atoms with Crippen LogP contribution in [0.25, 0.3) is 6.08 Å². The van der Waals surface area contributed by atoms with E-state index >= 15 is 0 Å². The second kappa shape index (κ2) is 6.32. The molecule has 3 rings (SSSR count). The van der Waals surface area contributed by atoms with Gasteiger partial charge in [0.1, 0.15) is 11.5 Å². The van der Waals surface area contributed by atoms with E-state index in [1.54, 1.807) is 6.08 Å². The Bertz CT molecular complexity index is 713. The number of anilines is 2. The first kappa shape index (κ1) is 15.4.